The molecule has 3 aliphatic heterocycles. The molecule has 15 heteroatoms. The van der Waals surface area contributed by atoms with Crippen molar-refractivity contribution in [3.05, 3.63) is 18.6 Å². The number of carboxylic acid groups (broad SMARTS) is 1. The van der Waals surface area contributed by atoms with E-state index in [4.69, 9.17) is 9.84 Å². The highest BCUT2D eigenvalue weighted by molar-refractivity contribution is 8.00. The van der Waals surface area contributed by atoms with Gasteiger partial charge in [-0.1, -0.05) is 6.42 Å². The molecule has 5 rings (SSSR count). The van der Waals surface area contributed by atoms with Crippen molar-refractivity contribution in [1.82, 2.24) is 30.1 Å². The molecule has 7 atom stereocenters. The fourth-order valence-electron chi connectivity index (χ4n) is 5.75. The van der Waals surface area contributed by atoms with Gasteiger partial charge in [0.1, 0.15) is 36.1 Å². The standard InChI is InChI=1S/C26H37N7O7S/c1-32(9-4-7-19(35)36)11-16-21(37)22(38)25(40-16)33-10-8-14-23(27-13-28-24(14)33)30-18(34)6-3-2-5-17-20-15(12-41-17)29-26(39)31-20/h8,10,13,15-17,20-22,25,37-38H,2-7,9,11-12H2,1H3,(H,35,36)(H2,29,31,39)(H,27,28,30,34)/t15-,16+,17?,20-,21+,22+,25?/m0/s1. The molecule has 6 N–H and O–H groups in total. The summed E-state index contributed by atoms with van der Waals surface area (Å²) in [5.74, 6) is 0.241. The van der Waals surface area contributed by atoms with Gasteiger partial charge in [0.2, 0.25) is 5.91 Å². The van der Waals surface area contributed by atoms with Crippen LogP contribution >= 0.6 is 11.8 Å². The first kappa shape index (κ1) is 29.5. The number of anilines is 1. The van der Waals surface area contributed by atoms with Crippen LogP contribution in [0.15, 0.2) is 18.6 Å². The number of ether oxygens (including phenoxy) is 1. The van der Waals surface area contributed by atoms with Crippen LogP contribution in [0.1, 0.15) is 44.8 Å². The molecule has 0 bridgehead atoms. The molecule has 14 nitrogen and oxygen atoms in total. The van der Waals surface area contributed by atoms with Crippen molar-refractivity contribution in [2.24, 2.45) is 0 Å². The third kappa shape index (κ3) is 6.75. The Morgan fingerprint density at radius 1 is 1.20 bits per heavy atom. The Kier molecular flexibility index (Phi) is 9.28. The van der Waals surface area contributed by atoms with Crippen LogP contribution in [0.2, 0.25) is 0 Å². The zero-order valence-electron chi connectivity index (χ0n) is 22.8. The van der Waals surface area contributed by atoms with Crippen molar-refractivity contribution < 1.29 is 34.4 Å². The average molecular weight is 592 g/mol. The van der Waals surface area contributed by atoms with E-state index in [1.165, 1.54) is 6.33 Å². The molecule has 2 unspecified atom stereocenters. The molecule has 0 saturated carbocycles. The van der Waals surface area contributed by atoms with E-state index in [2.05, 4.69) is 25.9 Å². The van der Waals surface area contributed by atoms with Crippen molar-refractivity contribution in [1.29, 1.82) is 0 Å². The molecule has 224 valence electrons. The van der Waals surface area contributed by atoms with Gasteiger partial charge in [-0.25, -0.2) is 14.8 Å². The number of amides is 3. The normalized spacial score (nSPS) is 29.1. The van der Waals surface area contributed by atoms with Gasteiger partial charge in [-0.2, -0.15) is 11.8 Å². The molecule has 41 heavy (non-hydrogen) atoms. The van der Waals surface area contributed by atoms with E-state index in [9.17, 15) is 24.6 Å². The number of fused-ring (bicyclic) bond motifs is 2. The Morgan fingerprint density at radius 2 is 2.02 bits per heavy atom. The first-order chi connectivity index (χ1) is 19.7. The Bertz CT molecular complexity index is 1260. The van der Waals surface area contributed by atoms with Crippen LogP contribution in [-0.2, 0) is 14.3 Å². The summed E-state index contributed by atoms with van der Waals surface area (Å²) in [4.78, 5) is 45.5. The number of hydrogen-bond donors (Lipinski definition) is 6. The smallest absolute Gasteiger partial charge is 0.315 e. The average Bonchev–Trinajstić information content (AvgIpc) is 3.67. The number of aliphatic hydroxyl groups excluding tert-OH is 2. The first-order valence-corrected chi connectivity index (χ1v) is 15.0. The number of hydrogen-bond acceptors (Lipinski definition) is 10. The zero-order valence-corrected chi connectivity index (χ0v) is 23.6. The van der Waals surface area contributed by atoms with E-state index >= 15 is 0 Å². The largest absolute Gasteiger partial charge is 0.481 e. The maximum atomic E-state index is 12.7. The highest BCUT2D eigenvalue weighted by atomic mass is 32.2. The van der Waals surface area contributed by atoms with E-state index in [1.807, 2.05) is 16.7 Å². The van der Waals surface area contributed by atoms with E-state index < -0.39 is 30.5 Å². The highest BCUT2D eigenvalue weighted by Crippen LogP contribution is 2.34. The zero-order chi connectivity index (χ0) is 29.1. The number of aromatic nitrogens is 3. The van der Waals surface area contributed by atoms with Crippen LogP contribution in [0.5, 0.6) is 0 Å². The van der Waals surface area contributed by atoms with Crippen LogP contribution in [0, 0.1) is 0 Å². The minimum atomic E-state index is -1.21. The van der Waals surface area contributed by atoms with E-state index in [0.717, 1.165) is 18.6 Å². The number of unbranched alkanes of at least 4 members (excludes halogenated alkanes) is 1. The van der Waals surface area contributed by atoms with Crippen LogP contribution in [-0.4, -0.2) is 114 Å². The Balaban J connectivity index is 1.14. The molecule has 3 amide bonds. The molecule has 5 heterocycles. The van der Waals surface area contributed by atoms with Gasteiger partial charge in [-0.3, -0.25) is 9.59 Å². The number of thioether (sulfide) groups is 1. The SMILES string of the molecule is CN(CCCC(=O)O)C[C@H]1OC(n2ccc3c(NC(=O)CCCCC4SC[C@@H]5NC(=O)N[C@H]45)ncnc32)[C@H](O)[C@@H]1O. The minimum Gasteiger partial charge on any atom is -0.481 e. The maximum Gasteiger partial charge on any atom is 0.315 e. The Labute approximate surface area is 241 Å². The molecule has 2 aromatic heterocycles. The van der Waals surface area contributed by atoms with Gasteiger partial charge in [0.25, 0.3) is 0 Å². The third-order valence-corrected chi connectivity index (χ3v) is 9.39. The number of nitrogens with zero attached hydrogens (tertiary/aromatic N) is 4. The molecule has 0 aromatic carbocycles. The predicted octanol–water partition coefficient (Wildman–Crippen LogP) is 0.511. The number of rotatable bonds is 13. The lowest BCUT2D eigenvalue weighted by atomic mass is 10.0. The predicted molar refractivity (Wildman–Crippen MR) is 150 cm³/mol. The number of likely N-dealkylation sites (N-methyl/N-ethyl adjacent to an activating group) is 1. The van der Waals surface area contributed by atoms with E-state index in [1.54, 1.807) is 23.9 Å². The van der Waals surface area contributed by atoms with Crippen LogP contribution in [0.25, 0.3) is 11.0 Å². The number of nitrogens with one attached hydrogen (secondary N) is 3. The second kappa shape index (κ2) is 12.9. The van der Waals surface area contributed by atoms with Crippen molar-refractivity contribution >= 4 is 46.5 Å². The van der Waals surface area contributed by atoms with Gasteiger partial charge >= 0.3 is 12.0 Å². The lowest BCUT2D eigenvalue weighted by Crippen LogP contribution is -2.38. The van der Waals surface area contributed by atoms with Crippen LogP contribution in [0.3, 0.4) is 0 Å². The molecular formula is C26H37N7O7S. The maximum absolute atomic E-state index is 12.7. The fourth-order valence-corrected chi connectivity index (χ4v) is 7.30. The van der Waals surface area contributed by atoms with Crippen LogP contribution in [0.4, 0.5) is 10.6 Å². The Morgan fingerprint density at radius 3 is 2.83 bits per heavy atom. The molecule has 0 aliphatic carbocycles. The molecule has 2 aromatic rings. The molecule has 3 aliphatic rings. The summed E-state index contributed by atoms with van der Waals surface area (Å²) in [6.45, 7) is 0.828. The summed E-state index contributed by atoms with van der Waals surface area (Å²) in [5.41, 5.74) is 0.446. The highest BCUT2D eigenvalue weighted by Gasteiger charge is 2.45. The summed E-state index contributed by atoms with van der Waals surface area (Å²) < 4.78 is 7.64. The second-order valence-electron chi connectivity index (χ2n) is 10.9. The van der Waals surface area contributed by atoms with Crippen LogP contribution < -0.4 is 16.0 Å². The third-order valence-electron chi connectivity index (χ3n) is 7.88. The van der Waals surface area contributed by atoms with E-state index in [-0.39, 0.29) is 30.4 Å². The Hall–Kier alpha value is -2.98. The minimum absolute atomic E-state index is 0.0524. The van der Waals surface area contributed by atoms with Gasteiger partial charge in [0.15, 0.2) is 6.23 Å². The topological polar surface area (TPSA) is 191 Å². The fraction of sp³-hybridized carbons (Fsp3) is 0.654. The van der Waals surface area contributed by atoms with Gasteiger partial charge in [0, 0.05) is 36.6 Å². The van der Waals surface area contributed by atoms with E-state index in [0.29, 0.717) is 54.5 Å². The summed E-state index contributed by atoms with van der Waals surface area (Å²) >= 11 is 1.86. The first-order valence-electron chi connectivity index (χ1n) is 13.9. The van der Waals surface area contributed by atoms with Crippen molar-refractivity contribution in [2.75, 3.05) is 31.2 Å². The molecular weight excluding hydrogens is 554 g/mol. The van der Waals surface area contributed by atoms with Crippen molar-refractivity contribution in [3.8, 4) is 0 Å². The quantitative estimate of drug-likeness (QED) is 0.141. The summed E-state index contributed by atoms with van der Waals surface area (Å²) in [7, 11) is 1.81. The molecule has 3 saturated heterocycles. The second-order valence-corrected chi connectivity index (χ2v) is 12.2. The van der Waals surface area contributed by atoms with Gasteiger partial charge in [-0.15, -0.1) is 0 Å². The number of aliphatic hydroxyl groups is 2. The number of carbonyl (C=O) groups is 3. The van der Waals surface area contributed by atoms with Gasteiger partial charge < -0.3 is 45.5 Å². The molecule has 0 radical (unpaired) electrons. The monoisotopic (exact) mass is 591 g/mol. The lowest BCUT2D eigenvalue weighted by molar-refractivity contribution is -0.137. The molecule has 0 spiro atoms. The number of aliphatic carboxylic acids is 1. The lowest BCUT2D eigenvalue weighted by Gasteiger charge is -2.22. The van der Waals surface area contributed by atoms with Gasteiger partial charge in [0.05, 0.1) is 17.5 Å². The summed E-state index contributed by atoms with van der Waals surface area (Å²) in [6, 6.07) is 1.98. The number of carbonyl (C=O) groups excluding carboxylic acids is 2. The summed E-state index contributed by atoms with van der Waals surface area (Å²) in [5, 5.41) is 40.0. The van der Waals surface area contributed by atoms with Crippen molar-refractivity contribution in [3.63, 3.8) is 0 Å². The number of carboxylic acids is 1. The number of urea groups is 1. The summed E-state index contributed by atoms with van der Waals surface area (Å²) in [6.07, 6.45) is 2.43. The van der Waals surface area contributed by atoms with Crippen molar-refractivity contribution in [2.45, 2.75) is 80.4 Å². The molecule has 3 fully saturated rings. The van der Waals surface area contributed by atoms with Gasteiger partial charge in [-0.05, 0) is 38.9 Å².